The molecule has 30 atom stereocenters. The molecule has 5 fully saturated rings. The Hall–Kier alpha value is -2.67. The lowest BCUT2D eigenvalue weighted by molar-refractivity contribution is -0.388. The Bertz CT molecular complexity index is 2450. The molecule has 5 aliphatic rings. The van der Waals surface area contributed by atoms with Crippen LogP contribution in [-0.2, 0) is 57.0 Å². The van der Waals surface area contributed by atoms with E-state index in [1.54, 1.807) is 0 Å². The Labute approximate surface area is 642 Å². The Morgan fingerprint density at radius 1 is 0.486 bits per heavy atom. The van der Waals surface area contributed by atoms with Gasteiger partial charge in [-0.1, -0.05) is 206 Å². The third-order valence-electron chi connectivity index (χ3n) is 22.2. The Kier molecular flexibility index (Phi) is 45.7. The van der Waals surface area contributed by atoms with E-state index >= 15 is 0 Å². The van der Waals surface area contributed by atoms with Crippen molar-refractivity contribution >= 4 is 17.8 Å². The van der Waals surface area contributed by atoms with Crippen LogP contribution in [0.3, 0.4) is 0 Å². The van der Waals surface area contributed by atoms with Gasteiger partial charge >= 0.3 is 5.97 Å². The van der Waals surface area contributed by atoms with Crippen LogP contribution in [0.2, 0.25) is 0 Å². The molecule has 0 spiro atoms. The molecule has 109 heavy (non-hydrogen) atoms. The van der Waals surface area contributed by atoms with Crippen molar-refractivity contribution < 1.29 is 154 Å². The number of aliphatic carboxylic acids is 1. The lowest BCUT2D eigenvalue weighted by Gasteiger charge is -2.52. The average Bonchev–Trinajstić information content (AvgIpc) is 1.21. The van der Waals surface area contributed by atoms with Crippen LogP contribution in [0.1, 0.15) is 246 Å². The van der Waals surface area contributed by atoms with Crippen molar-refractivity contribution in [1.29, 1.82) is 0 Å². The summed E-state index contributed by atoms with van der Waals surface area (Å²) in [6, 6.07) is -3.24. The molecule has 0 bridgehead atoms. The maximum absolute atomic E-state index is 13.9. The zero-order valence-corrected chi connectivity index (χ0v) is 64.7. The summed E-state index contributed by atoms with van der Waals surface area (Å²) in [7, 11) is 0. The van der Waals surface area contributed by atoms with Crippen molar-refractivity contribution in [3.63, 3.8) is 0 Å². The van der Waals surface area contributed by atoms with Crippen LogP contribution in [0.15, 0.2) is 0 Å². The smallest absolute Gasteiger partial charge is 0.364 e. The van der Waals surface area contributed by atoms with E-state index in [2.05, 4.69) is 24.5 Å². The Balaban J connectivity index is 1.26. The van der Waals surface area contributed by atoms with E-state index in [1.807, 2.05) is 0 Å². The number of aliphatic hydroxyl groups excluding tert-OH is 18. The number of carboxylic acids is 1. The fourth-order valence-corrected chi connectivity index (χ4v) is 15.4. The molecule has 4 aliphatic heterocycles. The molecule has 0 aromatic heterocycles. The molecule has 0 aromatic rings. The number of hydrogen-bond acceptors (Lipinski definition) is 30. The van der Waals surface area contributed by atoms with Crippen LogP contribution in [0.25, 0.3) is 0 Å². The minimum Gasteiger partial charge on any atom is -0.477 e. The van der Waals surface area contributed by atoms with Gasteiger partial charge in [0.25, 0.3) is 5.79 Å². The van der Waals surface area contributed by atoms with E-state index in [9.17, 15) is 111 Å². The predicted molar refractivity (Wildman–Crippen MR) is 390 cm³/mol. The van der Waals surface area contributed by atoms with Crippen LogP contribution in [0, 0.1) is 5.92 Å². The third-order valence-corrected chi connectivity index (χ3v) is 22.2. The summed E-state index contributed by atoms with van der Waals surface area (Å²) in [5.41, 5.74) is 0. The van der Waals surface area contributed by atoms with Crippen LogP contribution in [0.5, 0.6) is 0 Å². The highest BCUT2D eigenvalue weighted by molar-refractivity contribution is 5.80. The van der Waals surface area contributed by atoms with Gasteiger partial charge in [0.2, 0.25) is 11.8 Å². The van der Waals surface area contributed by atoms with Crippen molar-refractivity contribution in [2.24, 2.45) is 5.92 Å². The van der Waals surface area contributed by atoms with Gasteiger partial charge in [-0.15, -0.1) is 0 Å². The first-order valence-electron chi connectivity index (χ1n) is 40.8. The quantitative estimate of drug-likeness (QED) is 0.0362. The Morgan fingerprint density at radius 2 is 0.954 bits per heavy atom. The number of amides is 2. The number of rotatable bonds is 56. The van der Waals surface area contributed by atoms with Gasteiger partial charge in [-0.3, -0.25) is 9.59 Å². The first kappa shape index (κ1) is 96.9. The second kappa shape index (κ2) is 51.4. The molecule has 33 heteroatoms. The number of nitrogens with one attached hydrogen (secondary N) is 2. The molecular formula is C76H140N2O31. The van der Waals surface area contributed by atoms with Gasteiger partial charge in [-0.25, -0.2) is 4.79 Å². The van der Waals surface area contributed by atoms with Crippen molar-refractivity contribution in [3.05, 3.63) is 0 Å². The first-order valence-corrected chi connectivity index (χ1v) is 40.8. The second-order valence-corrected chi connectivity index (χ2v) is 31.1. The lowest BCUT2D eigenvalue weighted by Crippen LogP contribution is -2.71. The van der Waals surface area contributed by atoms with Crippen LogP contribution < -0.4 is 10.6 Å². The summed E-state index contributed by atoms with van der Waals surface area (Å²) >= 11 is 0. The molecular weight excluding hydrogens is 1440 g/mol. The molecule has 2 amide bonds. The van der Waals surface area contributed by atoms with Crippen molar-refractivity contribution in [3.8, 4) is 0 Å². The van der Waals surface area contributed by atoms with Crippen molar-refractivity contribution in [2.45, 2.75) is 423 Å². The summed E-state index contributed by atoms with van der Waals surface area (Å²) in [5, 5.41) is 217. The monoisotopic (exact) mass is 1580 g/mol. The summed E-state index contributed by atoms with van der Waals surface area (Å²) < 4.78 is 53.1. The predicted octanol–water partition coefficient (Wildman–Crippen LogP) is 0.231. The van der Waals surface area contributed by atoms with E-state index in [0.29, 0.717) is 12.8 Å². The van der Waals surface area contributed by atoms with Crippen LogP contribution >= 0.6 is 0 Å². The molecule has 4 saturated heterocycles. The molecule has 30 unspecified atom stereocenters. The summed E-state index contributed by atoms with van der Waals surface area (Å²) in [5.74, 6) is -8.47. The maximum atomic E-state index is 13.9. The van der Waals surface area contributed by atoms with Crippen molar-refractivity contribution in [2.75, 3.05) is 33.0 Å². The molecule has 21 N–H and O–H groups in total. The maximum Gasteiger partial charge on any atom is 0.364 e. The van der Waals surface area contributed by atoms with E-state index in [-0.39, 0.29) is 12.8 Å². The summed E-state index contributed by atoms with van der Waals surface area (Å²) in [6.45, 7) is 1.72. The fourth-order valence-electron chi connectivity index (χ4n) is 15.4. The van der Waals surface area contributed by atoms with Gasteiger partial charge in [0.05, 0.1) is 69.0 Å². The SMILES string of the molecule is CCCCCCCCCCCCCCCCCCCCCCC(O)C(=O)NC(COC1OC(CO)C(OC2OC(CO)C(O)C(OC3(C(=O)O)CC(OC4CC(CO)C(OC5OC(C(C)O)C(O)C5O)C(O)C4O)C(NC(C)=O)C(C(O)C(O)CO)O3)C2O)C(O)C1O)C(O)C(O)CCCCCCCCCCCC. The standard InChI is InChI=1S/C76H140N2O31/c1-5-7-9-11-13-15-17-18-19-20-21-22-23-24-25-26-28-30-32-34-36-49(86)71(98)78-47(56(88)48(85)35-33-31-29-27-16-14-12-10-8-6-2)43-101-72-63(95)62(94)68(54(42-82)104-72)107-74-65(97)70(59(91)53(41-81)103-74)109-76(75(99)100)38-52(55(77-45(4)84)69(108-76)57(89)50(87)40-80)102-51-37-46(39-79)67(60(92)58(51)90)106-73-64(96)61(93)66(105-73)44(3)83/h44,46-70,72-74,79-83,85-97H,5-43H2,1-4H3,(H,77,84)(H,78,98)(H,99,100). The molecule has 1 saturated carbocycles. The first-order chi connectivity index (χ1) is 52.1. The number of aliphatic hydroxyl groups is 18. The fraction of sp³-hybridized carbons (Fsp3) is 0.961. The highest BCUT2D eigenvalue weighted by Crippen LogP contribution is 2.42. The number of unbranched alkanes of at least 4 members (excludes halogenated alkanes) is 28. The van der Waals surface area contributed by atoms with Gasteiger partial charge in [0.15, 0.2) is 18.9 Å². The van der Waals surface area contributed by atoms with Gasteiger partial charge in [0.1, 0.15) is 110 Å². The number of carbonyl (C=O) groups excluding carboxylic acids is 2. The number of carbonyl (C=O) groups is 3. The summed E-state index contributed by atoms with van der Waals surface area (Å²) in [6.07, 6.45) is -17.2. The molecule has 5 rings (SSSR count). The molecule has 1 aliphatic carbocycles. The van der Waals surface area contributed by atoms with E-state index in [1.165, 1.54) is 116 Å². The molecule has 33 nitrogen and oxygen atoms in total. The summed E-state index contributed by atoms with van der Waals surface area (Å²) in [4.78, 5) is 40.5. The van der Waals surface area contributed by atoms with Crippen LogP contribution in [-0.4, -0.2) is 325 Å². The third kappa shape index (κ3) is 30.1. The Morgan fingerprint density at radius 3 is 1.42 bits per heavy atom. The van der Waals surface area contributed by atoms with E-state index in [0.717, 1.165) is 77.6 Å². The topological polar surface area (TPSA) is 543 Å². The van der Waals surface area contributed by atoms with E-state index < -0.39 is 247 Å². The largest absolute Gasteiger partial charge is 0.477 e. The molecule has 4 heterocycles. The zero-order chi connectivity index (χ0) is 80.3. The average molecular weight is 1580 g/mol. The molecule has 0 aromatic carbocycles. The zero-order valence-electron chi connectivity index (χ0n) is 64.7. The molecule has 640 valence electrons. The van der Waals surface area contributed by atoms with Gasteiger partial charge in [0, 0.05) is 25.9 Å². The van der Waals surface area contributed by atoms with Gasteiger partial charge in [-0.2, -0.15) is 0 Å². The van der Waals surface area contributed by atoms with Gasteiger partial charge in [-0.05, 0) is 26.2 Å². The second-order valence-electron chi connectivity index (χ2n) is 31.1. The van der Waals surface area contributed by atoms with Crippen molar-refractivity contribution in [1.82, 2.24) is 10.6 Å². The van der Waals surface area contributed by atoms with E-state index in [4.69, 9.17) is 42.6 Å². The minimum atomic E-state index is -3.34. The highest BCUT2D eigenvalue weighted by Gasteiger charge is 2.62. The minimum absolute atomic E-state index is 0.0967. The van der Waals surface area contributed by atoms with Crippen LogP contribution in [0.4, 0.5) is 0 Å². The molecule has 0 radical (unpaired) electrons. The number of hydrogen-bond donors (Lipinski definition) is 21. The highest BCUT2D eigenvalue weighted by atomic mass is 16.8. The normalized spacial score (nSPS) is 34.3. The number of carboxylic acid groups (broad SMARTS) is 1. The lowest BCUT2D eigenvalue weighted by atomic mass is 9.80. The number of ether oxygens (including phenoxy) is 9. The van der Waals surface area contributed by atoms with Gasteiger partial charge < -0.3 is 150 Å².